The van der Waals surface area contributed by atoms with Crippen molar-refractivity contribution in [1.82, 2.24) is 0 Å². The summed E-state index contributed by atoms with van der Waals surface area (Å²) < 4.78 is 7.55. The highest BCUT2D eigenvalue weighted by molar-refractivity contribution is 9.10. The van der Waals surface area contributed by atoms with Gasteiger partial charge in [0, 0.05) is 21.2 Å². The molecule has 0 aliphatic carbocycles. The van der Waals surface area contributed by atoms with Crippen molar-refractivity contribution in [2.45, 2.75) is 13.0 Å². The van der Waals surface area contributed by atoms with Crippen LogP contribution >= 0.6 is 31.9 Å². The minimum absolute atomic E-state index is 0.247. The van der Waals surface area contributed by atoms with Crippen molar-refractivity contribution in [3.05, 3.63) is 57.0 Å². The number of anilines is 1. The SMILES string of the molecule is Cc1ccc(NCC(O)COc2cccc(Br)c2)cc1Br. The van der Waals surface area contributed by atoms with Crippen molar-refractivity contribution in [3.8, 4) is 5.75 Å². The first-order valence-electron chi connectivity index (χ1n) is 6.61. The highest BCUT2D eigenvalue weighted by Crippen LogP contribution is 2.21. The normalized spacial score (nSPS) is 12.0. The number of ether oxygens (including phenoxy) is 1. The standard InChI is InChI=1S/C16H17Br2NO2/c1-11-5-6-13(8-16(11)18)19-9-14(20)10-21-15-4-2-3-12(17)7-15/h2-8,14,19-20H,9-10H2,1H3. The maximum atomic E-state index is 9.95. The minimum Gasteiger partial charge on any atom is -0.491 e. The van der Waals surface area contributed by atoms with Gasteiger partial charge in [0.25, 0.3) is 0 Å². The molecular formula is C16H17Br2NO2. The second kappa shape index (κ2) is 7.82. The second-order valence-electron chi connectivity index (χ2n) is 4.77. The van der Waals surface area contributed by atoms with E-state index in [1.54, 1.807) is 0 Å². The highest BCUT2D eigenvalue weighted by atomic mass is 79.9. The van der Waals surface area contributed by atoms with Gasteiger partial charge in [0.1, 0.15) is 18.5 Å². The van der Waals surface area contributed by atoms with Crippen molar-refractivity contribution in [1.29, 1.82) is 0 Å². The molecule has 2 aromatic rings. The lowest BCUT2D eigenvalue weighted by Crippen LogP contribution is -2.26. The zero-order chi connectivity index (χ0) is 15.2. The van der Waals surface area contributed by atoms with Crippen molar-refractivity contribution < 1.29 is 9.84 Å². The Labute approximate surface area is 141 Å². The number of aryl methyl sites for hydroxylation is 1. The van der Waals surface area contributed by atoms with E-state index in [-0.39, 0.29) is 6.61 Å². The predicted molar refractivity (Wildman–Crippen MR) is 93.0 cm³/mol. The molecule has 0 radical (unpaired) electrons. The van der Waals surface area contributed by atoms with Gasteiger partial charge in [-0.15, -0.1) is 0 Å². The first-order valence-corrected chi connectivity index (χ1v) is 8.19. The van der Waals surface area contributed by atoms with Gasteiger partial charge in [0.2, 0.25) is 0 Å². The number of hydrogen-bond donors (Lipinski definition) is 2. The summed E-state index contributed by atoms with van der Waals surface area (Å²) in [5.74, 6) is 0.738. The van der Waals surface area contributed by atoms with E-state index in [0.717, 1.165) is 20.4 Å². The number of rotatable bonds is 6. The van der Waals surface area contributed by atoms with Crippen LogP contribution in [0.3, 0.4) is 0 Å². The molecule has 0 aliphatic heterocycles. The zero-order valence-corrected chi connectivity index (χ0v) is 14.8. The van der Waals surface area contributed by atoms with Gasteiger partial charge < -0.3 is 15.2 Å². The van der Waals surface area contributed by atoms with Crippen molar-refractivity contribution >= 4 is 37.5 Å². The molecule has 2 rings (SSSR count). The van der Waals surface area contributed by atoms with Crippen molar-refractivity contribution in [3.63, 3.8) is 0 Å². The molecule has 0 saturated heterocycles. The first-order chi connectivity index (χ1) is 10.0. The predicted octanol–water partition coefficient (Wildman–Crippen LogP) is 4.37. The lowest BCUT2D eigenvalue weighted by Gasteiger charge is -2.14. The number of nitrogens with one attached hydrogen (secondary N) is 1. The third kappa shape index (κ3) is 5.34. The number of halogens is 2. The Morgan fingerprint density at radius 2 is 2.00 bits per heavy atom. The smallest absolute Gasteiger partial charge is 0.120 e. The average Bonchev–Trinajstić information content (AvgIpc) is 2.46. The van der Waals surface area contributed by atoms with Crippen molar-refractivity contribution in [2.24, 2.45) is 0 Å². The summed E-state index contributed by atoms with van der Waals surface area (Å²) >= 11 is 6.87. The summed E-state index contributed by atoms with van der Waals surface area (Å²) in [6.45, 7) is 2.72. The van der Waals surface area contributed by atoms with Crippen LogP contribution in [0.2, 0.25) is 0 Å². The highest BCUT2D eigenvalue weighted by Gasteiger charge is 2.06. The van der Waals surface area contributed by atoms with Crippen LogP contribution in [0.5, 0.6) is 5.75 Å². The Hall–Kier alpha value is -1.04. The maximum Gasteiger partial charge on any atom is 0.120 e. The Morgan fingerprint density at radius 1 is 1.19 bits per heavy atom. The van der Waals surface area contributed by atoms with Crippen molar-refractivity contribution in [2.75, 3.05) is 18.5 Å². The number of benzene rings is 2. The summed E-state index contributed by atoms with van der Waals surface area (Å²) in [5, 5.41) is 13.1. The Kier molecular flexibility index (Phi) is 6.08. The third-order valence-electron chi connectivity index (χ3n) is 2.95. The van der Waals surface area contributed by atoms with E-state index in [1.807, 2.05) is 49.4 Å². The average molecular weight is 415 g/mol. The molecule has 0 aromatic heterocycles. The van der Waals surface area contributed by atoms with Gasteiger partial charge in [0.15, 0.2) is 0 Å². The van der Waals surface area contributed by atoms with E-state index >= 15 is 0 Å². The van der Waals surface area contributed by atoms with Gasteiger partial charge in [-0.1, -0.05) is 44.0 Å². The largest absolute Gasteiger partial charge is 0.491 e. The summed E-state index contributed by atoms with van der Waals surface area (Å²) in [4.78, 5) is 0. The molecule has 2 N–H and O–H groups in total. The van der Waals surface area contributed by atoms with Gasteiger partial charge in [0.05, 0.1) is 0 Å². The fourth-order valence-electron chi connectivity index (χ4n) is 1.75. The molecule has 21 heavy (non-hydrogen) atoms. The topological polar surface area (TPSA) is 41.5 Å². The van der Waals surface area contributed by atoms with Crippen LogP contribution in [0.1, 0.15) is 5.56 Å². The molecule has 0 fully saturated rings. The fraction of sp³-hybridized carbons (Fsp3) is 0.250. The van der Waals surface area contributed by atoms with Crippen LogP contribution in [0, 0.1) is 6.92 Å². The molecule has 2 aromatic carbocycles. The first kappa shape index (κ1) is 16.3. The summed E-state index contributed by atoms with van der Waals surface area (Å²) in [6.07, 6.45) is -0.580. The molecule has 1 atom stereocenters. The fourth-order valence-corrected chi connectivity index (χ4v) is 2.50. The molecule has 0 saturated carbocycles. The second-order valence-corrected chi connectivity index (χ2v) is 6.54. The molecule has 1 unspecified atom stereocenters. The van der Waals surface area contributed by atoms with E-state index in [0.29, 0.717) is 6.54 Å². The zero-order valence-electron chi connectivity index (χ0n) is 11.6. The molecule has 0 spiro atoms. The van der Waals surface area contributed by atoms with Gasteiger partial charge in [-0.25, -0.2) is 0 Å². The van der Waals surface area contributed by atoms with E-state index < -0.39 is 6.10 Å². The maximum absolute atomic E-state index is 9.95. The molecule has 0 amide bonds. The monoisotopic (exact) mass is 413 g/mol. The summed E-state index contributed by atoms with van der Waals surface area (Å²) in [6, 6.07) is 13.6. The summed E-state index contributed by atoms with van der Waals surface area (Å²) in [7, 11) is 0. The Balaban J connectivity index is 1.79. The van der Waals surface area contributed by atoms with Crippen LogP contribution in [0.15, 0.2) is 51.4 Å². The Bertz CT molecular complexity index is 605. The summed E-state index contributed by atoms with van der Waals surface area (Å²) in [5.41, 5.74) is 2.15. The quantitative estimate of drug-likeness (QED) is 0.737. The number of hydrogen-bond acceptors (Lipinski definition) is 3. The van der Waals surface area contributed by atoms with E-state index in [4.69, 9.17) is 4.74 Å². The lowest BCUT2D eigenvalue weighted by molar-refractivity contribution is 0.117. The van der Waals surface area contributed by atoms with Crippen LogP contribution < -0.4 is 10.1 Å². The van der Waals surface area contributed by atoms with Crippen LogP contribution in [-0.4, -0.2) is 24.4 Å². The number of aliphatic hydroxyl groups excluding tert-OH is 1. The van der Waals surface area contributed by atoms with E-state index in [1.165, 1.54) is 5.56 Å². The molecule has 5 heteroatoms. The van der Waals surface area contributed by atoms with Crippen LogP contribution in [-0.2, 0) is 0 Å². The molecule has 0 aliphatic rings. The molecular weight excluding hydrogens is 398 g/mol. The van der Waals surface area contributed by atoms with Gasteiger partial charge in [-0.2, -0.15) is 0 Å². The Morgan fingerprint density at radius 3 is 2.71 bits per heavy atom. The molecule has 112 valence electrons. The molecule has 0 bridgehead atoms. The lowest BCUT2D eigenvalue weighted by atomic mass is 10.2. The van der Waals surface area contributed by atoms with Gasteiger partial charge in [-0.3, -0.25) is 0 Å². The number of aliphatic hydroxyl groups is 1. The van der Waals surface area contributed by atoms with Crippen LogP contribution in [0.4, 0.5) is 5.69 Å². The molecule has 3 nitrogen and oxygen atoms in total. The third-order valence-corrected chi connectivity index (χ3v) is 4.30. The molecule has 0 heterocycles. The van der Waals surface area contributed by atoms with Crippen LogP contribution in [0.25, 0.3) is 0 Å². The van der Waals surface area contributed by atoms with E-state index in [2.05, 4.69) is 37.2 Å². The minimum atomic E-state index is -0.580. The van der Waals surface area contributed by atoms with Gasteiger partial charge >= 0.3 is 0 Å². The van der Waals surface area contributed by atoms with E-state index in [9.17, 15) is 5.11 Å². The van der Waals surface area contributed by atoms with Gasteiger partial charge in [-0.05, 0) is 42.8 Å².